The number of halogens is 3. The average Bonchev–Trinajstić information content (AvgIpc) is 2.36. The molecule has 4 nitrogen and oxygen atoms in total. The standard InChI is InChI=1S/C11H16F3N2O2PS/c1-3-17-19(20,18-4-2)16-15-10-7-5-6-9(8-10)11(12,13)14/h5-8,15H,3-4H2,1-2H3,(H,16,20). The summed E-state index contributed by atoms with van der Waals surface area (Å²) in [5.41, 5.74) is 2.10. The Hall–Kier alpha value is -0.660. The van der Waals surface area contributed by atoms with Gasteiger partial charge in [-0.25, -0.2) is 0 Å². The van der Waals surface area contributed by atoms with Crippen LogP contribution in [0.2, 0.25) is 0 Å². The van der Waals surface area contributed by atoms with E-state index in [4.69, 9.17) is 20.9 Å². The lowest BCUT2D eigenvalue weighted by molar-refractivity contribution is -0.137. The molecule has 0 unspecified atom stereocenters. The lowest BCUT2D eigenvalue weighted by Gasteiger charge is -2.22. The van der Waals surface area contributed by atoms with Gasteiger partial charge in [-0.1, -0.05) is 6.07 Å². The minimum atomic E-state index is -4.39. The monoisotopic (exact) mass is 328 g/mol. The minimum absolute atomic E-state index is 0.230. The first kappa shape index (κ1) is 17.4. The fraction of sp³-hybridized carbons (Fsp3) is 0.455. The summed E-state index contributed by atoms with van der Waals surface area (Å²) in [6.45, 7) is 1.45. The van der Waals surface area contributed by atoms with Gasteiger partial charge < -0.3 is 14.5 Å². The van der Waals surface area contributed by atoms with Crippen molar-refractivity contribution in [3.8, 4) is 0 Å². The summed E-state index contributed by atoms with van der Waals surface area (Å²) in [5, 5.41) is 2.66. The van der Waals surface area contributed by atoms with Crippen molar-refractivity contribution in [2.45, 2.75) is 20.0 Å². The number of hydrogen-bond donors (Lipinski definition) is 2. The van der Waals surface area contributed by atoms with E-state index in [0.717, 1.165) is 12.1 Å². The van der Waals surface area contributed by atoms with Crippen LogP contribution in [0.15, 0.2) is 24.3 Å². The third-order valence-electron chi connectivity index (χ3n) is 2.13. The molecule has 0 amide bonds. The second kappa shape index (κ2) is 7.38. The molecule has 1 aromatic rings. The molecule has 0 atom stereocenters. The van der Waals surface area contributed by atoms with Gasteiger partial charge in [0.05, 0.1) is 18.8 Å². The number of nitrogens with one attached hydrogen (secondary N) is 2. The molecule has 2 N–H and O–H groups in total. The molecule has 0 saturated heterocycles. The topological polar surface area (TPSA) is 42.5 Å². The molecule has 0 aromatic heterocycles. The van der Waals surface area contributed by atoms with Crippen LogP contribution in [0.4, 0.5) is 18.9 Å². The van der Waals surface area contributed by atoms with Crippen molar-refractivity contribution in [3.63, 3.8) is 0 Å². The van der Waals surface area contributed by atoms with E-state index in [1.807, 2.05) is 0 Å². The normalized spacial score (nSPS) is 12.4. The zero-order chi connectivity index (χ0) is 15.2. The van der Waals surface area contributed by atoms with E-state index in [9.17, 15) is 13.2 Å². The Morgan fingerprint density at radius 3 is 2.30 bits per heavy atom. The predicted molar refractivity (Wildman–Crippen MR) is 75.7 cm³/mol. The molecular formula is C11H16F3N2O2PS. The third kappa shape index (κ3) is 5.38. The van der Waals surface area contributed by atoms with E-state index in [2.05, 4.69) is 10.6 Å². The number of alkyl halides is 3. The largest absolute Gasteiger partial charge is 0.416 e. The average molecular weight is 328 g/mol. The second-order valence-corrected chi connectivity index (χ2v) is 6.83. The van der Waals surface area contributed by atoms with Crippen molar-refractivity contribution >= 4 is 24.1 Å². The fourth-order valence-electron chi connectivity index (χ4n) is 1.35. The Morgan fingerprint density at radius 1 is 1.20 bits per heavy atom. The Morgan fingerprint density at radius 2 is 1.80 bits per heavy atom. The zero-order valence-electron chi connectivity index (χ0n) is 11.0. The highest BCUT2D eigenvalue weighted by molar-refractivity contribution is 8.09. The molecule has 0 saturated carbocycles. The smallest absolute Gasteiger partial charge is 0.317 e. The van der Waals surface area contributed by atoms with Gasteiger partial charge >= 0.3 is 6.18 Å². The van der Waals surface area contributed by atoms with Crippen molar-refractivity contribution < 1.29 is 22.2 Å². The summed E-state index contributed by atoms with van der Waals surface area (Å²) in [5.74, 6) is 0. The maximum atomic E-state index is 12.6. The van der Waals surface area contributed by atoms with Gasteiger partial charge in [0.15, 0.2) is 0 Å². The Labute approximate surface area is 120 Å². The molecule has 114 valence electrons. The van der Waals surface area contributed by atoms with Crippen LogP contribution < -0.4 is 10.6 Å². The zero-order valence-corrected chi connectivity index (χ0v) is 12.7. The van der Waals surface area contributed by atoms with Crippen molar-refractivity contribution in [3.05, 3.63) is 29.8 Å². The van der Waals surface area contributed by atoms with Crippen LogP contribution in [0.3, 0.4) is 0 Å². The molecule has 0 aliphatic carbocycles. The van der Waals surface area contributed by atoms with Crippen LogP contribution in [-0.2, 0) is 27.0 Å². The van der Waals surface area contributed by atoms with Crippen LogP contribution in [0.5, 0.6) is 0 Å². The summed E-state index contributed by atoms with van der Waals surface area (Å²) in [6, 6.07) is 4.76. The van der Waals surface area contributed by atoms with E-state index in [1.54, 1.807) is 13.8 Å². The molecular weight excluding hydrogens is 312 g/mol. The summed E-state index contributed by atoms with van der Waals surface area (Å²) in [6.07, 6.45) is -4.39. The van der Waals surface area contributed by atoms with Gasteiger partial charge in [0.2, 0.25) is 0 Å². The van der Waals surface area contributed by atoms with Gasteiger partial charge in [-0.3, -0.25) is 0 Å². The first-order chi connectivity index (χ1) is 9.30. The molecule has 0 fully saturated rings. The molecule has 1 aromatic carbocycles. The van der Waals surface area contributed by atoms with Crippen LogP contribution >= 0.6 is 6.64 Å². The number of anilines is 1. The number of hydrogen-bond acceptors (Lipinski definition) is 4. The molecule has 20 heavy (non-hydrogen) atoms. The molecule has 0 bridgehead atoms. The molecule has 0 heterocycles. The van der Waals surface area contributed by atoms with Gasteiger partial charge in [-0.05, 0) is 43.9 Å². The Balaban J connectivity index is 2.76. The Kier molecular flexibility index (Phi) is 6.42. The van der Waals surface area contributed by atoms with Gasteiger partial charge in [0.25, 0.3) is 6.64 Å². The molecule has 9 heteroatoms. The molecule has 1 rings (SSSR count). The van der Waals surface area contributed by atoms with Crippen molar-refractivity contribution in [2.24, 2.45) is 0 Å². The quantitative estimate of drug-likeness (QED) is 0.587. The summed E-state index contributed by atoms with van der Waals surface area (Å²) < 4.78 is 48.3. The van der Waals surface area contributed by atoms with Crippen molar-refractivity contribution in [1.29, 1.82) is 0 Å². The van der Waals surface area contributed by atoms with E-state index in [-0.39, 0.29) is 5.69 Å². The minimum Gasteiger partial charge on any atom is -0.317 e. The van der Waals surface area contributed by atoms with Crippen LogP contribution in [-0.4, -0.2) is 13.2 Å². The van der Waals surface area contributed by atoms with Crippen LogP contribution in [0.1, 0.15) is 19.4 Å². The maximum absolute atomic E-state index is 12.6. The van der Waals surface area contributed by atoms with Crippen molar-refractivity contribution in [1.82, 2.24) is 5.20 Å². The number of benzene rings is 1. The molecule has 0 aliphatic heterocycles. The van der Waals surface area contributed by atoms with Gasteiger partial charge in [0.1, 0.15) is 0 Å². The fourth-order valence-corrected chi connectivity index (χ4v) is 3.27. The second-order valence-electron chi connectivity index (χ2n) is 3.65. The van der Waals surface area contributed by atoms with Gasteiger partial charge in [-0.2, -0.15) is 18.4 Å². The van der Waals surface area contributed by atoms with Crippen molar-refractivity contribution in [2.75, 3.05) is 18.6 Å². The summed E-state index contributed by atoms with van der Waals surface area (Å²) in [4.78, 5) is 0. The highest BCUT2D eigenvalue weighted by atomic mass is 32.5. The SMILES string of the molecule is CCOP(=S)(NNc1cccc(C(F)(F)F)c1)OCC. The highest BCUT2D eigenvalue weighted by Gasteiger charge is 2.30. The number of rotatable bonds is 7. The first-order valence-corrected chi connectivity index (χ1v) is 8.54. The predicted octanol–water partition coefficient (Wildman–Crippen LogP) is 3.92. The van der Waals surface area contributed by atoms with Crippen LogP contribution in [0, 0.1) is 0 Å². The van der Waals surface area contributed by atoms with Gasteiger partial charge in [-0.15, -0.1) is 0 Å². The molecule has 0 radical (unpaired) electrons. The summed E-state index contributed by atoms with van der Waals surface area (Å²) >= 11 is 5.18. The van der Waals surface area contributed by atoms with Crippen LogP contribution in [0.25, 0.3) is 0 Å². The Bertz CT molecular complexity index is 475. The molecule has 0 spiro atoms. The highest BCUT2D eigenvalue weighted by Crippen LogP contribution is 2.43. The van der Waals surface area contributed by atoms with E-state index >= 15 is 0 Å². The molecule has 0 aliphatic rings. The van der Waals surface area contributed by atoms with Gasteiger partial charge in [0, 0.05) is 5.69 Å². The van der Waals surface area contributed by atoms with E-state index in [0.29, 0.717) is 13.2 Å². The lowest BCUT2D eigenvalue weighted by Crippen LogP contribution is -2.21. The first-order valence-electron chi connectivity index (χ1n) is 5.90. The number of hydrazine groups is 1. The maximum Gasteiger partial charge on any atom is 0.416 e. The van der Waals surface area contributed by atoms with E-state index < -0.39 is 18.4 Å². The third-order valence-corrected chi connectivity index (χ3v) is 4.61. The lowest BCUT2D eigenvalue weighted by atomic mass is 10.2. The summed E-state index contributed by atoms with van der Waals surface area (Å²) in [7, 11) is 0. The van der Waals surface area contributed by atoms with E-state index in [1.165, 1.54) is 12.1 Å².